The van der Waals surface area contributed by atoms with Crippen molar-refractivity contribution >= 4 is 37.7 Å². The van der Waals surface area contributed by atoms with Crippen molar-refractivity contribution < 1.29 is 8.42 Å². The molecule has 0 saturated carbocycles. The van der Waals surface area contributed by atoms with Crippen LogP contribution in [0.2, 0.25) is 0 Å². The third kappa shape index (κ3) is 4.28. The summed E-state index contributed by atoms with van der Waals surface area (Å²) in [6.45, 7) is 4.30. The Bertz CT molecular complexity index is 488. The minimum atomic E-state index is -3.39. The van der Waals surface area contributed by atoms with Crippen LogP contribution < -0.4 is 4.72 Å². The van der Waals surface area contributed by atoms with E-state index in [1.165, 1.54) is 0 Å². The van der Waals surface area contributed by atoms with Gasteiger partial charge < -0.3 is 0 Å². The molecule has 1 atom stereocenters. The van der Waals surface area contributed by atoms with E-state index < -0.39 is 10.0 Å². The van der Waals surface area contributed by atoms with Gasteiger partial charge in [0.1, 0.15) is 0 Å². The summed E-state index contributed by atoms with van der Waals surface area (Å²) in [6, 6.07) is 5.02. The molecule has 0 radical (unpaired) electrons. The van der Waals surface area contributed by atoms with Crippen LogP contribution in [-0.4, -0.2) is 26.5 Å². The highest BCUT2D eigenvalue weighted by Gasteiger charge is 2.15. The second-order valence-electron chi connectivity index (χ2n) is 3.81. The monoisotopic (exact) mass is 337 g/mol. The molecule has 1 aromatic carbocycles. The Hall–Kier alpha value is -0.0400. The van der Waals surface area contributed by atoms with E-state index in [0.717, 1.165) is 10.0 Å². The lowest BCUT2D eigenvalue weighted by Gasteiger charge is -2.11. The van der Waals surface area contributed by atoms with Crippen LogP contribution in [0.25, 0.3) is 0 Å². The Morgan fingerprint density at radius 2 is 2.12 bits per heavy atom. The van der Waals surface area contributed by atoms with Crippen molar-refractivity contribution in [3.63, 3.8) is 0 Å². The van der Waals surface area contributed by atoms with Crippen molar-refractivity contribution in [1.82, 2.24) is 4.72 Å². The summed E-state index contributed by atoms with van der Waals surface area (Å²) in [4.78, 5) is 0.312. The third-order valence-electron chi connectivity index (χ3n) is 2.40. The lowest BCUT2D eigenvalue weighted by molar-refractivity contribution is 0.581. The fraction of sp³-hybridized carbons (Fsp3) is 0.455. The van der Waals surface area contributed by atoms with Crippen molar-refractivity contribution in [2.45, 2.75) is 24.0 Å². The van der Waals surface area contributed by atoms with Crippen LogP contribution in [0.15, 0.2) is 27.6 Å². The molecule has 1 rings (SSSR count). The summed E-state index contributed by atoms with van der Waals surface area (Å²) in [5.41, 5.74) is 0.908. The first-order valence-electron chi connectivity index (χ1n) is 5.15. The molecule has 0 aliphatic carbocycles. The summed E-state index contributed by atoms with van der Waals surface area (Å²) < 4.78 is 27.5. The van der Waals surface area contributed by atoms with Gasteiger partial charge >= 0.3 is 0 Å². The average Bonchev–Trinajstić information content (AvgIpc) is 2.29. The molecule has 0 spiro atoms. The zero-order valence-electron chi connectivity index (χ0n) is 10.0. The molecular weight excluding hydrogens is 322 g/mol. The van der Waals surface area contributed by atoms with E-state index >= 15 is 0 Å². The Balaban J connectivity index is 2.86. The molecule has 0 saturated heterocycles. The minimum Gasteiger partial charge on any atom is -0.210 e. The quantitative estimate of drug-likeness (QED) is 0.898. The first-order valence-corrected chi connectivity index (χ1v) is 8.72. The van der Waals surface area contributed by atoms with Gasteiger partial charge in [-0.05, 0) is 36.9 Å². The second kappa shape index (κ2) is 6.22. The molecule has 6 heteroatoms. The molecule has 3 nitrogen and oxygen atoms in total. The average molecular weight is 338 g/mol. The molecule has 0 aromatic heterocycles. The van der Waals surface area contributed by atoms with Gasteiger partial charge in [0, 0.05) is 16.3 Å². The van der Waals surface area contributed by atoms with E-state index in [-0.39, 0.29) is 5.25 Å². The lowest BCUT2D eigenvalue weighted by atomic mass is 10.2. The zero-order valence-corrected chi connectivity index (χ0v) is 13.2. The van der Waals surface area contributed by atoms with Crippen LogP contribution in [0.3, 0.4) is 0 Å². The molecule has 1 N–H and O–H groups in total. The number of hydrogen-bond acceptors (Lipinski definition) is 3. The van der Waals surface area contributed by atoms with Crippen molar-refractivity contribution in [2.24, 2.45) is 0 Å². The number of rotatable bonds is 5. The van der Waals surface area contributed by atoms with Gasteiger partial charge in [0.05, 0.1) is 4.90 Å². The Kier molecular flexibility index (Phi) is 5.50. The Morgan fingerprint density at radius 3 is 2.65 bits per heavy atom. The van der Waals surface area contributed by atoms with Gasteiger partial charge in [0.2, 0.25) is 10.0 Å². The van der Waals surface area contributed by atoms with E-state index in [9.17, 15) is 8.42 Å². The highest BCUT2D eigenvalue weighted by atomic mass is 79.9. The van der Waals surface area contributed by atoms with Gasteiger partial charge in [-0.3, -0.25) is 0 Å². The molecule has 0 aliphatic heterocycles. The Morgan fingerprint density at radius 1 is 1.47 bits per heavy atom. The normalized spacial score (nSPS) is 13.6. The van der Waals surface area contributed by atoms with Gasteiger partial charge in [-0.1, -0.05) is 22.9 Å². The molecular formula is C11H16BrNO2S2. The summed E-state index contributed by atoms with van der Waals surface area (Å²) in [6.07, 6.45) is 1.96. The topological polar surface area (TPSA) is 46.2 Å². The molecule has 1 unspecified atom stereocenters. The van der Waals surface area contributed by atoms with Crippen molar-refractivity contribution in [1.29, 1.82) is 0 Å². The van der Waals surface area contributed by atoms with Crippen LogP contribution in [0.1, 0.15) is 12.5 Å². The van der Waals surface area contributed by atoms with Crippen LogP contribution in [0.5, 0.6) is 0 Å². The number of aryl methyl sites for hydroxylation is 1. The lowest BCUT2D eigenvalue weighted by Crippen LogP contribution is -2.29. The number of sulfonamides is 1. The van der Waals surface area contributed by atoms with Crippen molar-refractivity contribution in [3.05, 3.63) is 28.2 Å². The molecule has 1 aromatic rings. The highest BCUT2D eigenvalue weighted by Crippen LogP contribution is 2.20. The standard InChI is InChI=1S/C11H16BrNO2S2/c1-8-6-10(4-5-11(8)12)17(14,15)13-7-9(2)16-3/h4-6,9,13H,7H2,1-3H3. The van der Waals surface area contributed by atoms with E-state index in [2.05, 4.69) is 20.7 Å². The number of nitrogens with one attached hydrogen (secondary N) is 1. The number of hydrogen-bond donors (Lipinski definition) is 1. The van der Waals surface area contributed by atoms with Crippen LogP contribution >= 0.6 is 27.7 Å². The maximum atomic E-state index is 12.0. The molecule has 0 heterocycles. The minimum absolute atomic E-state index is 0.265. The third-order valence-corrected chi connectivity index (χ3v) is 5.69. The molecule has 96 valence electrons. The largest absolute Gasteiger partial charge is 0.240 e. The second-order valence-corrected chi connectivity index (χ2v) is 7.71. The number of benzene rings is 1. The molecule has 17 heavy (non-hydrogen) atoms. The van der Waals surface area contributed by atoms with E-state index in [4.69, 9.17) is 0 Å². The summed E-state index contributed by atoms with van der Waals surface area (Å²) >= 11 is 4.98. The van der Waals surface area contributed by atoms with Gasteiger partial charge in [0.15, 0.2) is 0 Å². The van der Waals surface area contributed by atoms with Crippen LogP contribution in [0, 0.1) is 6.92 Å². The highest BCUT2D eigenvalue weighted by molar-refractivity contribution is 9.10. The first-order chi connectivity index (χ1) is 7.86. The van der Waals surface area contributed by atoms with Crippen molar-refractivity contribution in [3.8, 4) is 0 Å². The SMILES string of the molecule is CSC(C)CNS(=O)(=O)c1ccc(Br)c(C)c1. The summed E-state index contributed by atoms with van der Waals surface area (Å²) in [7, 11) is -3.39. The molecule has 0 amide bonds. The maximum absolute atomic E-state index is 12.0. The fourth-order valence-electron chi connectivity index (χ4n) is 1.18. The van der Waals surface area contributed by atoms with Gasteiger partial charge in [-0.2, -0.15) is 11.8 Å². The van der Waals surface area contributed by atoms with E-state index in [1.54, 1.807) is 30.0 Å². The number of thioether (sulfide) groups is 1. The zero-order chi connectivity index (χ0) is 13.1. The van der Waals surface area contributed by atoms with Gasteiger partial charge in [-0.15, -0.1) is 0 Å². The molecule has 0 bridgehead atoms. The summed E-state index contributed by atoms with van der Waals surface area (Å²) in [5.74, 6) is 0. The predicted octanol–water partition coefficient (Wildman–Crippen LogP) is 2.79. The van der Waals surface area contributed by atoms with Gasteiger partial charge in [-0.25, -0.2) is 13.1 Å². The van der Waals surface area contributed by atoms with Gasteiger partial charge in [0.25, 0.3) is 0 Å². The van der Waals surface area contributed by atoms with Crippen molar-refractivity contribution in [2.75, 3.05) is 12.8 Å². The molecule has 0 fully saturated rings. The number of halogens is 1. The van der Waals surface area contributed by atoms with E-state index in [1.807, 2.05) is 20.1 Å². The van der Waals surface area contributed by atoms with Crippen LogP contribution in [-0.2, 0) is 10.0 Å². The summed E-state index contributed by atoms with van der Waals surface area (Å²) in [5, 5.41) is 0.265. The van der Waals surface area contributed by atoms with E-state index in [0.29, 0.717) is 11.4 Å². The van der Waals surface area contributed by atoms with Crippen LogP contribution in [0.4, 0.5) is 0 Å². The maximum Gasteiger partial charge on any atom is 0.240 e. The fourth-order valence-corrected chi connectivity index (χ4v) is 3.00. The predicted molar refractivity (Wildman–Crippen MR) is 77.0 cm³/mol. The Labute approximate surface area is 116 Å². The molecule has 0 aliphatic rings. The first kappa shape index (κ1) is 15.0. The smallest absolute Gasteiger partial charge is 0.210 e.